The van der Waals surface area contributed by atoms with E-state index >= 15 is 0 Å². The predicted molar refractivity (Wildman–Crippen MR) is 64.8 cm³/mol. The molecule has 86 valence electrons. The predicted octanol–water partition coefficient (Wildman–Crippen LogP) is 1.58. The van der Waals surface area contributed by atoms with E-state index in [2.05, 4.69) is 24.1 Å². The van der Waals surface area contributed by atoms with E-state index in [1.807, 2.05) is 19.1 Å². The standard InChI is InChI=1S/C12H22N2O/c1-4-7-8-9-12(15)13-10-11-14(5-2)6-3/h4,7-9H,5-6,10-11H2,1-3H3,(H,13,15)/b7-4+,9-8+. The molecule has 0 aliphatic rings. The Morgan fingerprint density at radius 2 is 1.93 bits per heavy atom. The van der Waals surface area contributed by atoms with Gasteiger partial charge in [-0.15, -0.1) is 0 Å². The zero-order valence-corrected chi connectivity index (χ0v) is 9.99. The summed E-state index contributed by atoms with van der Waals surface area (Å²) in [5.74, 6) is -0.0275. The summed E-state index contributed by atoms with van der Waals surface area (Å²) in [6.45, 7) is 9.84. The summed E-state index contributed by atoms with van der Waals surface area (Å²) in [6, 6.07) is 0. The van der Waals surface area contributed by atoms with Crippen LogP contribution in [-0.2, 0) is 4.79 Å². The number of amides is 1. The number of nitrogens with one attached hydrogen (secondary N) is 1. The Balaban J connectivity index is 3.62. The van der Waals surface area contributed by atoms with Gasteiger partial charge in [0.2, 0.25) is 5.91 Å². The maximum atomic E-state index is 11.2. The fourth-order valence-electron chi connectivity index (χ4n) is 1.19. The molecule has 0 rings (SSSR count). The molecule has 0 aliphatic heterocycles. The topological polar surface area (TPSA) is 32.3 Å². The smallest absolute Gasteiger partial charge is 0.244 e. The lowest BCUT2D eigenvalue weighted by molar-refractivity contribution is -0.116. The largest absolute Gasteiger partial charge is 0.351 e. The number of likely N-dealkylation sites (N-methyl/N-ethyl adjacent to an activating group) is 1. The van der Waals surface area contributed by atoms with Crippen LogP contribution in [0.15, 0.2) is 24.3 Å². The summed E-state index contributed by atoms with van der Waals surface area (Å²) >= 11 is 0. The summed E-state index contributed by atoms with van der Waals surface area (Å²) in [5.41, 5.74) is 0. The van der Waals surface area contributed by atoms with Gasteiger partial charge in [0, 0.05) is 19.2 Å². The van der Waals surface area contributed by atoms with Crippen LogP contribution in [0.4, 0.5) is 0 Å². The quantitative estimate of drug-likeness (QED) is 0.511. The van der Waals surface area contributed by atoms with Crippen molar-refractivity contribution in [2.75, 3.05) is 26.2 Å². The molecule has 0 bridgehead atoms. The van der Waals surface area contributed by atoms with Gasteiger partial charge in [-0.1, -0.05) is 32.1 Å². The number of carbonyl (C=O) groups is 1. The van der Waals surface area contributed by atoms with Crippen molar-refractivity contribution in [1.82, 2.24) is 10.2 Å². The van der Waals surface area contributed by atoms with Crippen LogP contribution in [0.3, 0.4) is 0 Å². The van der Waals surface area contributed by atoms with Crippen LogP contribution in [-0.4, -0.2) is 37.0 Å². The van der Waals surface area contributed by atoms with Crippen molar-refractivity contribution in [3.05, 3.63) is 24.3 Å². The molecule has 0 saturated carbocycles. The van der Waals surface area contributed by atoms with E-state index in [0.717, 1.165) is 19.6 Å². The van der Waals surface area contributed by atoms with E-state index in [1.54, 1.807) is 12.2 Å². The lowest BCUT2D eigenvalue weighted by Crippen LogP contribution is -2.34. The molecule has 3 nitrogen and oxygen atoms in total. The highest BCUT2D eigenvalue weighted by atomic mass is 16.1. The summed E-state index contributed by atoms with van der Waals surface area (Å²) in [6.07, 6.45) is 7.01. The van der Waals surface area contributed by atoms with Gasteiger partial charge < -0.3 is 10.2 Å². The van der Waals surface area contributed by atoms with Crippen molar-refractivity contribution < 1.29 is 4.79 Å². The van der Waals surface area contributed by atoms with Gasteiger partial charge in [-0.2, -0.15) is 0 Å². The third-order valence-corrected chi connectivity index (χ3v) is 2.17. The minimum atomic E-state index is -0.0275. The van der Waals surface area contributed by atoms with Crippen molar-refractivity contribution in [3.8, 4) is 0 Å². The van der Waals surface area contributed by atoms with E-state index in [1.165, 1.54) is 0 Å². The fraction of sp³-hybridized carbons (Fsp3) is 0.583. The van der Waals surface area contributed by atoms with Crippen molar-refractivity contribution in [2.45, 2.75) is 20.8 Å². The van der Waals surface area contributed by atoms with Gasteiger partial charge in [0.1, 0.15) is 0 Å². The van der Waals surface area contributed by atoms with Crippen molar-refractivity contribution in [3.63, 3.8) is 0 Å². The van der Waals surface area contributed by atoms with Crippen LogP contribution < -0.4 is 5.32 Å². The van der Waals surface area contributed by atoms with E-state index in [0.29, 0.717) is 6.54 Å². The van der Waals surface area contributed by atoms with E-state index in [4.69, 9.17) is 0 Å². The zero-order chi connectivity index (χ0) is 11.5. The van der Waals surface area contributed by atoms with Gasteiger partial charge in [-0.3, -0.25) is 4.79 Å². The Bertz CT molecular complexity index is 218. The molecule has 0 saturated heterocycles. The van der Waals surface area contributed by atoms with Crippen LogP contribution in [0.25, 0.3) is 0 Å². The number of nitrogens with zero attached hydrogens (tertiary/aromatic N) is 1. The second-order valence-electron chi connectivity index (χ2n) is 3.20. The second-order valence-corrected chi connectivity index (χ2v) is 3.20. The summed E-state index contributed by atoms with van der Waals surface area (Å²) in [5, 5.41) is 2.84. The summed E-state index contributed by atoms with van der Waals surface area (Å²) in [4.78, 5) is 13.5. The highest BCUT2D eigenvalue weighted by molar-refractivity contribution is 5.87. The Kier molecular flexibility index (Phi) is 8.78. The van der Waals surface area contributed by atoms with E-state index in [-0.39, 0.29) is 5.91 Å². The van der Waals surface area contributed by atoms with E-state index in [9.17, 15) is 4.79 Å². The summed E-state index contributed by atoms with van der Waals surface area (Å²) in [7, 11) is 0. The normalized spacial score (nSPS) is 11.7. The Labute approximate surface area is 92.8 Å². The Morgan fingerprint density at radius 1 is 1.27 bits per heavy atom. The van der Waals surface area contributed by atoms with Crippen LogP contribution in [0.2, 0.25) is 0 Å². The third kappa shape index (κ3) is 7.94. The highest BCUT2D eigenvalue weighted by Gasteiger charge is 1.98. The average molecular weight is 210 g/mol. The number of rotatable bonds is 7. The Morgan fingerprint density at radius 3 is 2.47 bits per heavy atom. The molecule has 1 N–H and O–H groups in total. The first-order chi connectivity index (χ1) is 7.24. The summed E-state index contributed by atoms with van der Waals surface area (Å²) < 4.78 is 0. The van der Waals surface area contributed by atoms with Crippen molar-refractivity contribution >= 4 is 5.91 Å². The first kappa shape index (κ1) is 13.9. The van der Waals surface area contributed by atoms with Gasteiger partial charge in [-0.05, 0) is 20.0 Å². The average Bonchev–Trinajstić information content (AvgIpc) is 2.25. The minimum absolute atomic E-state index is 0.0275. The first-order valence-electron chi connectivity index (χ1n) is 5.54. The maximum Gasteiger partial charge on any atom is 0.244 e. The SMILES string of the molecule is C/C=C/C=C/C(=O)NCCN(CC)CC. The van der Waals surface area contributed by atoms with Gasteiger partial charge >= 0.3 is 0 Å². The lowest BCUT2D eigenvalue weighted by Gasteiger charge is -2.17. The fourth-order valence-corrected chi connectivity index (χ4v) is 1.19. The molecule has 0 spiro atoms. The molecular weight excluding hydrogens is 188 g/mol. The van der Waals surface area contributed by atoms with Gasteiger partial charge in [0.15, 0.2) is 0 Å². The molecule has 0 aromatic rings. The molecular formula is C12H22N2O. The molecule has 1 amide bonds. The molecule has 0 fully saturated rings. The second kappa shape index (κ2) is 9.46. The first-order valence-corrected chi connectivity index (χ1v) is 5.54. The maximum absolute atomic E-state index is 11.2. The van der Waals surface area contributed by atoms with E-state index < -0.39 is 0 Å². The van der Waals surface area contributed by atoms with Crippen molar-refractivity contribution in [2.24, 2.45) is 0 Å². The molecule has 3 heteroatoms. The minimum Gasteiger partial charge on any atom is -0.351 e. The number of hydrogen-bond donors (Lipinski definition) is 1. The van der Waals surface area contributed by atoms with Gasteiger partial charge in [0.05, 0.1) is 0 Å². The van der Waals surface area contributed by atoms with Crippen LogP contribution >= 0.6 is 0 Å². The van der Waals surface area contributed by atoms with Crippen LogP contribution in [0, 0.1) is 0 Å². The number of carbonyl (C=O) groups excluding carboxylic acids is 1. The molecule has 0 aliphatic carbocycles. The van der Waals surface area contributed by atoms with Crippen molar-refractivity contribution in [1.29, 1.82) is 0 Å². The third-order valence-electron chi connectivity index (χ3n) is 2.17. The number of allylic oxidation sites excluding steroid dienone is 3. The molecule has 0 heterocycles. The molecule has 0 radical (unpaired) electrons. The zero-order valence-electron chi connectivity index (χ0n) is 9.99. The van der Waals surface area contributed by atoms with Crippen LogP contribution in [0.5, 0.6) is 0 Å². The molecule has 0 atom stereocenters. The van der Waals surface area contributed by atoms with Gasteiger partial charge in [-0.25, -0.2) is 0 Å². The highest BCUT2D eigenvalue weighted by Crippen LogP contribution is 1.84. The molecule has 15 heavy (non-hydrogen) atoms. The molecule has 0 aromatic carbocycles. The Hall–Kier alpha value is -1.09. The monoisotopic (exact) mass is 210 g/mol. The molecule has 0 aromatic heterocycles. The number of hydrogen-bond acceptors (Lipinski definition) is 2. The molecule has 0 unspecified atom stereocenters. The lowest BCUT2D eigenvalue weighted by atomic mass is 10.4. The van der Waals surface area contributed by atoms with Crippen LogP contribution in [0.1, 0.15) is 20.8 Å². The van der Waals surface area contributed by atoms with Gasteiger partial charge in [0.25, 0.3) is 0 Å².